The van der Waals surface area contributed by atoms with Gasteiger partial charge in [0.05, 0.1) is 10.6 Å². The van der Waals surface area contributed by atoms with E-state index in [0.717, 1.165) is 5.71 Å². The van der Waals surface area contributed by atoms with Crippen LogP contribution in [-0.2, 0) is 0 Å². The molecule has 0 N–H and O–H groups in total. The molecular weight excluding hydrogens is 495 g/mol. The maximum atomic E-state index is 11.5. The summed E-state index contributed by atoms with van der Waals surface area (Å²) in [5.74, 6) is 0. The number of halogens is 1. The Morgan fingerprint density at radius 1 is 0.727 bits per heavy atom. The van der Waals surface area contributed by atoms with Crippen molar-refractivity contribution in [2.45, 2.75) is 6.92 Å². The summed E-state index contributed by atoms with van der Waals surface area (Å²) < 4.78 is 0. The highest BCUT2D eigenvalue weighted by Gasteiger charge is 2.45. The molecule has 0 radical (unpaired) electrons. The van der Waals surface area contributed by atoms with Gasteiger partial charge in [-0.15, -0.1) is 0 Å². The van der Waals surface area contributed by atoms with Gasteiger partial charge in [0.2, 0.25) is 0 Å². The van der Waals surface area contributed by atoms with Crippen LogP contribution in [0.2, 0.25) is 0 Å². The Labute approximate surface area is 205 Å². The third-order valence-corrected chi connectivity index (χ3v) is 9.92. The zero-order valence-corrected chi connectivity index (χ0v) is 20.7. The van der Waals surface area contributed by atoms with E-state index in [9.17, 15) is 10.1 Å². The van der Waals surface area contributed by atoms with Crippen LogP contribution in [-0.4, -0.2) is 16.8 Å². The van der Waals surface area contributed by atoms with Crippen LogP contribution >= 0.6 is 7.26 Å². The molecule has 0 aliphatic carbocycles. The average molecular weight is 519 g/mol. The van der Waals surface area contributed by atoms with E-state index in [1.165, 1.54) is 22.0 Å². The van der Waals surface area contributed by atoms with Crippen molar-refractivity contribution in [3.63, 3.8) is 0 Å². The van der Waals surface area contributed by atoms with E-state index in [4.69, 9.17) is 4.99 Å². The monoisotopic (exact) mass is 518 g/mol. The number of nitrogens with zero attached hydrogens (tertiary/aromatic N) is 2. The summed E-state index contributed by atoms with van der Waals surface area (Å²) in [5, 5.41) is 15.3. The third kappa shape index (κ3) is 5.27. The first-order chi connectivity index (χ1) is 15.6. The SMILES string of the molecule is CC(C[P+](c1ccccc1)(c1ccccc1)c1ccccc1)=Nc1ccccc1[N+](=O)[O-].[Br-]. The van der Waals surface area contributed by atoms with Crippen molar-refractivity contribution in [3.8, 4) is 0 Å². The van der Waals surface area contributed by atoms with Crippen molar-refractivity contribution in [2.75, 3.05) is 6.16 Å². The van der Waals surface area contributed by atoms with Crippen molar-refractivity contribution in [1.82, 2.24) is 0 Å². The van der Waals surface area contributed by atoms with Crippen LogP contribution in [0.25, 0.3) is 0 Å². The molecule has 33 heavy (non-hydrogen) atoms. The van der Waals surface area contributed by atoms with Gasteiger partial charge >= 0.3 is 0 Å². The van der Waals surface area contributed by atoms with Gasteiger partial charge in [-0.05, 0) is 49.4 Å². The molecule has 0 spiro atoms. The smallest absolute Gasteiger partial charge is 0.294 e. The van der Waals surface area contributed by atoms with Gasteiger partial charge in [-0.25, -0.2) is 4.99 Å². The van der Waals surface area contributed by atoms with Crippen LogP contribution in [0, 0.1) is 10.1 Å². The molecule has 0 aliphatic heterocycles. The zero-order valence-electron chi connectivity index (χ0n) is 18.2. The Hall–Kier alpha value is -3.14. The topological polar surface area (TPSA) is 55.5 Å². The van der Waals surface area contributed by atoms with E-state index < -0.39 is 7.26 Å². The van der Waals surface area contributed by atoms with E-state index in [-0.39, 0.29) is 27.6 Å². The van der Waals surface area contributed by atoms with Gasteiger partial charge in [-0.2, -0.15) is 0 Å². The quantitative estimate of drug-likeness (QED) is 0.163. The van der Waals surface area contributed by atoms with Crippen LogP contribution in [0.1, 0.15) is 6.92 Å². The van der Waals surface area contributed by atoms with Gasteiger partial charge in [0, 0.05) is 6.07 Å². The second-order valence-corrected chi connectivity index (χ2v) is 11.1. The Morgan fingerprint density at radius 2 is 1.12 bits per heavy atom. The normalized spacial score (nSPS) is 11.5. The van der Waals surface area contributed by atoms with E-state index in [1.54, 1.807) is 18.2 Å². The minimum atomic E-state index is -2.09. The molecule has 0 bridgehead atoms. The van der Waals surface area contributed by atoms with Crippen LogP contribution in [0.15, 0.2) is 120 Å². The largest absolute Gasteiger partial charge is 1.00 e. The van der Waals surface area contributed by atoms with Crippen LogP contribution < -0.4 is 32.9 Å². The molecule has 0 aromatic heterocycles. The summed E-state index contributed by atoms with van der Waals surface area (Å²) in [4.78, 5) is 15.9. The first kappa shape index (κ1) is 24.5. The van der Waals surface area contributed by atoms with Crippen molar-refractivity contribution >= 4 is 40.3 Å². The Bertz CT molecular complexity index is 1140. The Balaban J connectivity index is 0.00000306. The number of hydrogen-bond acceptors (Lipinski definition) is 3. The van der Waals surface area contributed by atoms with Crippen molar-refractivity contribution in [1.29, 1.82) is 0 Å². The minimum absolute atomic E-state index is 0. The highest BCUT2D eigenvalue weighted by Crippen LogP contribution is 2.55. The molecule has 0 unspecified atom stereocenters. The fraction of sp³-hybridized carbons (Fsp3) is 0.0741. The Kier molecular flexibility index (Phi) is 8.26. The van der Waals surface area contributed by atoms with Gasteiger partial charge in [-0.1, -0.05) is 66.7 Å². The molecule has 0 amide bonds. The van der Waals surface area contributed by atoms with E-state index in [1.807, 2.05) is 25.1 Å². The average Bonchev–Trinajstić information content (AvgIpc) is 2.84. The van der Waals surface area contributed by atoms with Crippen molar-refractivity contribution < 1.29 is 21.9 Å². The maximum absolute atomic E-state index is 11.5. The standard InChI is InChI=1S/C27H24N2O2P.BrH/c1-22(28-26-19-11-12-20-27(26)29(30)31)21-32(23-13-5-2-6-14-23,24-15-7-3-8-16-24)25-17-9-4-10-18-25;/h2-20H,21H2,1H3;1H/q+1;/p-1. The van der Waals surface area contributed by atoms with Crippen LogP contribution in [0.5, 0.6) is 0 Å². The molecule has 0 fully saturated rings. The number of benzene rings is 4. The summed E-state index contributed by atoms with van der Waals surface area (Å²) in [7, 11) is -2.09. The lowest BCUT2D eigenvalue weighted by Gasteiger charge is -2.27. The molecule has 4 aromatic rings. The number of nitro groups is 1. The first-order valence-corrected chi connectivity index (χ1v) is 12.4. The van der Waals surface area contributed by atoms with Crippen LogP contribution in [0.3, 0.4) is 0 Å². The maximum Gasteiger partial charge on any atom is 0.294 e. The fourth-order valence-electron chi connectivity index (χ4n) is 4.07. The molecule has 0 atom stereocenters. The predicted octanol–water partition coefficient (Wildman–Crippen LogP) is 2.69. The molecule has 6 heteroatoms. The molecule has 4 nitrogen and oxygen atoms in total. The summed E-state index contributed by atoms with van der Waals surface area (Å²) in [6.45, 7) is 1.97. The van der Waals surface area contributed by atoms with Gasteiger partial charge in [-0.3, -0.25) is 10.1 Å². The van der Waals surface area contributed by atoms with Crippen molar-refractivity contribution in [2.24, 2.45) is 4.99 Å². The molecule has 0 heterocycles. The van der Waals surface area contributed by atoms with Gasteiger partial charge in [0.25, 0.3) is 5.69 Å². The number of aliphatic imine (C=N–C) groups is 1. The number of para-hydroxylation sites is 2. The van der Waals surface area contributed by atoms with E-state index in [0.29, 0.717) is 11.8 Å². The summed E-state index contributed by atoms with van der Waals surface area (Å²) in [6.07, 6.45) is 0.692. The molecule has 0 saturated heterocycles. The lowest BCUT2D eigenvalue weighted by Crippen LogP contribution is -3.00. The Morgan fingerprint density at radius 3 is 1.55 bits per heavy atom. The fourth-order valence-corrected chi connectivity index (χ4v) is 8.31. The summed E-state index contributed by atoms with van der Waals surface area (Å²) in [6, 6.07) is 38.3. The van der Waals surface area contributed by atoms with Gasteiger partial charge in [0.1, 0.15) is 35.0 Å². The number of hydrogen-bond donors (Lipinski definition) is 0. The predicted molar refractivity (Wildman–Crippen MR) is 136 cm³/mol. The zero-order chi connectivity index (χ0) is 22.4. The highest BCUT2D eigenvalue weighted by molar-refractivity contribution is 7.96. The summed E-state index contributed by atoms with van der Waals surface area (Å²) in [5.41, 5.74) is 1.28. The second-order valence-electron chi connectivity index (χ2n) is 7.57. The number of rotatable bonds is 7. The minimum Gasteiger partial charge on any atom is -1.00 e. The molecule has 0 saturated carbocycles. The molecule has 0 aliphatic rings. The van der Waals surface area contributed by atoms with E-state index in [2.05, 4.69) is 72.8 Å². The highest BCUT2D eigenvalue weighted by atomic mass is 79.9. The molecule has 166 valence electrons. The molecule has 4 aromatic carbocycles. The molecule has 4 rings (SSSR count). The van der Waals surface area contributed by atoms with E-state index >= 15 is 0 Å². The summed E-state index contributed by atoms with van der Waals surface area (Å²) >= 11 is 0. The number of nitro benzene ring substituents is 1. The van der Waals surface area contributed by atoms with Gasteiger partial charge in [0.15, 0.2) is 0 Å². The lowest BCUT2D eigenvalue weighted by molar-refractivity contribution is -0.384. The lowest BCUT2D eigenvalue weighted by atomic mass is 10.3. The van der Waals surface area contributed by atoms with Crippen molar-refractivity contribution in [3.05, 3.63) is 125 Å². The van der Waals surface area contributed by atoms with Crippen LogP contribution in [0.4, 0.5) is 11.4 Å². The molecular formula is C27H24BrN2O2P. The first-order valence-electron chi connectivity index (χ1n) is 10.4. The third-order valence-electron chi connectivity index (χ3n) is 5.45. The second kappa shape index (κ2) is 11.1. The van der Waals surface area contributed by atoms with Gasteiger partial charge < -0.3 is 17.0 Å².